The van der Waals surface area contributed by atoms with Gasteiger partial charge in [-0.25, -0.2) is 0 Å². The van der Waals surface area contributed by atoms with Crippen LogP contribution >= 0.6 is 0 Å². The Bertz CT molecular complexity index is 1230. The van der Waals surface area contributed by atoms with Crippen molar-refractivity contribution in [1.82, 2.24) is 26.3 Å². The van der Waals surface area contributed by atoms with E-state index in [0.29, 0.717) is 31.4 Å². The first-order valence-electron chi connectivity index (χ1n) is 14.8. The third-order valence-electron chi connectivity index (χ3n) is 8.30. The number of para-hydroxylation sites is 1. The highest BCUT2D eigenvalue weighted by Crippen LogP contribution is 2.28. The number of fused-ring (bicyclic) bond motifs is 1. The molecular formula is C31H43N5O5. The second-order valence-corrected chi connectivity index (χ2v) is 12.6. The van der Waals surface area contributed by atoms with Gasteiger partial charge in [0.1, 0.15) is 24.1 Å². The molecule has 5 N–H and O–H groups in total. The van der Waals surface area contributed by atoms with E-state index in [1.54, 1.807) is 6.07 Å². The molecule has 1 saturated heterocycles. The summed E-state index contributed by atoms with van der Waals surface area (Å²) in [5.41, 5.74) is 0.506. The Balaban J connectivity index is 1.48. The number of hydrogen-bond donors (Lipinski definition) is 5. The summed E-state index contributed by atoms with van der Waals surface area (Å²) in [5.74, 6) is -1.51. The zero-order valence-corrected chi connectivity index (χ0v) is 24.3. The highest BCUT2D eigenvalue weighted by Gasteiger charge is 2.37. The van der Waals surface area contributed by atoms with Crippen LogP contribution in [0.4, 0.5) is 0 Å². The van der Waals surface area contributed by atoms with E-state index in [0.717, 1.165) is 43.0 Å². The highest BCUT2D eigenvalue weighted by atomic mass is 16.2. The van der Waals surface area contributed by atoms with Gasteiger partial charge in [-0.15, -0.1) is 0 Å². The number of carbonyl (C=O) groups is 5. The Morgan fingerprint density at radius 1 is 0.976 bits per heavy atom. The molecule has 0 bridgehead atoms. The first-order chi connectivity index (χ1) is 19.5. The first kappa shape index (κ1) is 30.3. The largest absolute Gasteiger partial charge is 0.356 e. The predicted molar refractivity (Wildman–Crippen MR) is 156 cm³/mol. The van der Waals surface area contributed by atoms with Crippen molar-refractivity contribution in [2.24, 2.45) is 17.3 Å². The van der Waals surface area contributed by atoms with Gasteiger partial charge in [0.25, 0.3) is 5.91 Å². The maximum atomic E-state index is 13.7. The standard InChI is InChI=1S/C31H43N5O5/c1-31(2,3)26(36-29(40)25-17-20-11-7-8-12-23(20)34-25)30(41)35-24(15-19-9-5-4-6-10-19)28(39)33-22(18-37)16-21-13-14-32-27(21)38/h7-8,11-12,17-19,21-22,24,26,34H,4-6,9-10,13-16H2,1-3H3,(H,32,38)(H,33,39)(H,35,41)(H,36,40)/t21-,22-,24-,26+/m0/s1. The van der Waals surface area contributed by atoms with Gasteiger partial charge < -0.3 is 31.0 Å². The Morgan fingerprint density at radius 3 is 2.34 bits per heavy atom. The van der Waals surface area contributed by atoms with Crippen molar-refractivity contribution in [2.45, 2.75) is 90.3 Å². The average molecular weight is 566 g/mol. The average Bonchev–Trinajstić information content (AvgIpc) is 3.56. The fourth-order valence-corrected chi connectivity index (χ4v) is 5.93. The molecule has 2 heterocycles. The number of amides is 4. The summed E-state index contributed by atoms with van der Waals surface area (Å²) in [7, 11) is 0. The molecule has 4 rings (SSSR count). The van der Waals surface area contributed by atoms with Gasteiger partial charge in [0.2, 0.25) is 17.7 Å². The quantitative estimate of drug-likeness (QED) is 0.266. The number of aldehydes is 1. The van der Waals surface area contributed by atoms with Gasteiger partial charge in [-0.1, -0.05) is 71.1 Å². The minimum Gasteiger partial charge on any atom is -0.356 e. The molecular weight excluding hydrogens is 522 g/mol. The van der Waals surface area contributed by atoms with Crippen LogP contribution in [-0.2, 0) is 19.2 Å². The minimum atomic E-state index is -0.924. The molecule has 0 spiro atoms. The summed E-state index contributed by atoms with van der Waals surface area (Å²) in [4.78, 5) is 67.4. The lowest BCUT2D eigenvalue weighted by atomic mass is 9.83. The van der Waals surface area contributed by atoms with Gasteiger partial charge in [-0.05, 0) is 42.7 Å². The summed E-state index contributed by atoms with van der Waals surface area (Å²) in [6.07, 6.45) is 7.18. The molecule has 222 valence electrons. The van der Waals surface area contributed by atoms with Crippen LogP contribution in [0.3, 0.4) is 0 Å². The van der Waals surface area contributed by atoms with Gasteiger partial charge in [-0.3, -0.25) is 19.2 Å². The number of H-pyrrole nitrogens is 1. The number of hydrogen-bond acceptors (Lipinski definition) is 5. The number of carbonyl (C=O) groups excluding carboxylic acids is 5. The smallest absolute Gasteiger partial charge is 0.268 e. The minimum absolute atomic E-state index is 0.114. The van der Waals surface area contributed by atoms with Crippen molar-refractivity contribution in [3.63, 3.8) is 0 Å². The molecule has 4 atom stereocenters. The maximum absolute atomic E-state index is 13.7. The monoisotopic (exact) mass is 565 g/mol. The van der Waals surface area contributed by atoms with Crippen molar-refractivity contribution in [3.05, 3.63) is 36.0 Å². The van der Waals surface area contributed by atoms with Gasteiger partial charge >= 0.3 is 0 Å². The maximum Gasteiger partial charge on any atom is 0.268 e. The molecule has 0 radical (unpaired) electrons. The summed E-state index contributed by atoms with van der Waals surface area (Å²) < 4.78 is 0. The Kier molecular flexibility index (Phi) is 9.83. The van der Waals surface area contributed by atoms with Crippen LogP contribution in [0.15, 0.2) is 30.3 Å². The Morgan fingerprint density at radius 2 is 1.71 bits per heavy atom. The van der Waals surface area contributed by atoms with E-state index >= 15 is 0 Å². The molecule has 10 heteroatoms. The molecule has 4 amide bonds. The van der Waals surface area contributed by atoms with E-state index in [9.17, 15) is 24.0 Å². The van der Waals surface area contributed by atoms with Crippen molar-refractivity contribution >= 4 is 40.8 Å². The van der Waals surface area contributed by atoms with Crippen molar-refractivity contribution < 1.29 is 24.0 Å². The Labute approximate surface area is 241 Å². The number of aromatic nitrogens is 1. The third kappa shape index (κ3) is 7.95. The second kappa shape index (κ2) is 13.3. The fraction of sp³-hybridized carbons (Fsp3) is 0.581. The van der Waals surface area contributed by atoms with Crippen LogP contribution in [0, 0.1) is 17.3 Å². The van der Waals surface area contributed by atoms with Crippen molar-refractivity contribution in [1.29, 1.82) is 0 Å². The lowest BCUT2D eigenvalue weighted by Crippen LogP contribution is -2.59. The molecule has 2 aliphatic rings. The van der Waals surface area contributed by atoms with E-state index in [-0.39, 0.29) is 24.2 Å². The number of rotatable bonds is 11. The number of nitrogens with one attached hydrogen (secondary N) is 5. The van der Waals surface area contributed by atoms with Crippen molar-refractivity contribution in [2.75, 3.05) is 6.54 Å². The van der Waals surface area contributed by atoms with Gasteiger partial charge in [0.05, 0.1) is 6.04 Å². The van der Waals surface area contributed by atoms with Gasteiger partial charge in [0, 0.05) is 23.4 Å². The van der Waals surface area contributed by atoms with Crippen LogP contribution in [0.25, 0.3) is 10.9 Å². The highest BCUT2D eigenvalue weighted by molar-refractivity contribution is 6.01. The van der Waals surface area contributed by atoms with E-state index < -0.39 is 41.3 Å². The third-order valence-corrected chi connectivity index (χ3v) is 8.30. The van der Waals surface area contributed by atoms with Crippen molar-refractivity contribution in [3.8, 4) is 0 Å². The fourth-order valence-electron chi connectivity index (χ4n) is 5.93. The summed E-state index contributed by atoms with van der Waals surface area (Å²) in [6.45, 7) is 6.12. The lowest BCUT2D eigenvalue weighted by Gasteiger charge is -2.33. The first-order valence-corrected chi connectivity index (χ1v) is 14.8. The van der Waals surface area contributed by atoms with Crippen LogP contribution < -0.4 is 21.3 Å². The number of aromatic amines is 1. The zero-order chi connectivity index (χ0) is 29.6. The summed E-state index contributed by atoms with van der Waals surface area (Å²) in [5, 5.41) is 12.2. The summed E-state index contributed by atoms with van der Waals surface area (Å²) >= 11 is 0. The van der Waals surface area contributed by atoms with Crippen LogP contribution in [-0.4, -0.2) is 59.6 Å². The second-order valence-electron chi connectivity index (χ2n) is 12.6. The summed E-state index contributed by atoms with van der Waals surface area (Å²) in [6, 6.07) is 6.65. The topological polar surface area (TPSA) is 149 Å². The number of benzene rings is 1. The van der Waals surface area contributed by atoms with E-state index in [1.807, 2.05) is 45.0 Å². The molecule has 2 aromatic rings. The van der Waals surface area contributed by atoms with Crippen LogP contribution in [0.1, 0.15) is 82.6 Å². The molecule has 1 saturated carbocycles. The van der Waals surface area contributed by atoms with E-state index in [2.05, 4.69) is 26.3 Å². The zero-order valence-electron chi connectivity index (χ0n) is 24.3. The van der Waals surface area contributed by atoms with E-state index in [4.69, 9.17) is 0 Å². The Hall–Kier alpha value is -3.69. The van der Waals surface area contributed by atoms with Gasteiger partial charge in [-0.2, -0.15) is 0 Å². The van der Waals surface area contributed by atoms with Crippen LogP contribution in [0.2, 0.25) is 0 Å². The molecule has 10 nitrogen and oxygen atoms in total. The molecule has 0 unspecified atom stereocenters. The lowest BCUT2D eigenvalue weighted by molar-refractivity contribution is -0.132. The molecule has 1 aliphatic heterocycles. The van der Waals surface area contributed by atoms with Crippen LogP contribution in [0.5, 0.6) is 0 Å². The molecule has 2 fully saturated rings. The molecule has 41 heavy (non-hydrogen) atoms. The molecule has 1 aromatic heterocycles. The van der Waals surface area contributed by atoms with Gasteiger partial charge in [0.15, 0.2) is 0 Å². The van der Waals surface area contributed by atoms with E-state index in [1.165, 1.54) is 0 Å². The molecule has 1 aliphatic carbocycles. The predicted octanol–water partition coefficient (Wildman–Crippen LogP) is 2.98. The molecule has 1 aromatic carbocycles. The normalized spacial score (nSPS) is 20.1. The SMILES string of the molecule is CC(C)(C)[C@H](NC(=O)c1cc2ccccc2[nH]1)C(=O)N[C@@H](CC1CCCCC1)C(=O)N[C@H](C=O)C[C@@H]1CCNC1=O.